The van der Waals surface area contributed by atoms with Crippen LogP contribution in [0.15, 0.2) is 12.4 Å². The highest BCUT2D eigenvalue weighted by atomic mass is 16.5. The summed E-state index contributed by atoms with van der Waals surface area (Å²) in [6, 6.07) is 0.226. The predicted molar refractivity (Wildman–Crippen MR) is 55.3 cm³/mol. The summed E-state index contributed by atoms with van der Waals surface area (Å²) in [5.74, 6) is 0.611. The monoisotopic (exact) mass is 195 g/mol. The van der Waals surface area contributed by atoms with Gasteiger partial charge in [-0.15, -0.1) is 0 Å². The van der Waals surface area contributed by atoms with E-state index < -0.39 is 0 Å². The van der Waals surface area contributed by atoms with Gasteiger partial charge in [-0.2, -0.15) is 0 Å². The van der Waals surface area contributed by atoms with Crippen LogP contribution in [0.2, 0.25) is 0 Å². The topological polar surface area (TPSA) is 47.0 Å². The van der Waals surface area contributed by atoms with Gasteiger partial charge >= 0.3 is 0 Å². The molecule has 78 valence electrons. The van der Waals surface area contributed by atoms with Crippen molar-refractivity contribution >= 4 is 0 Å². The Morgan fingerprint density at radius 1 is 1.36 bits per heavy atom. The van der Waals surface area contributed by atoms with Crippen molar-refractivity contribution in [1.82, 2.24) is 15.3 Å². The second-order valence-corrected chi connectivity index (χ2v) is 2.97. The van der Waals surface area contributed by atoms with Crippen molar-refractivity contribution < 1.29 is 4.74 Å². The van der Waals surface area contributed by atoms with Crippen molar-refractivity contribution in [3.05, 3.63) is 18.1 Å². The maximum Gasteiger partial charge on any atom is 0.236 e. The highest BCUT2D eigenvalue weighted by molar-refractivity contribution is 5.20. The van der Waals surface area contributed by atoms with Gasteiger partial charge in [0.1, 0.15) is 5.69 Å². The number of aromatic nitrogens is 2. The van der Waals surface area contributed by atoms with Gasteiger partial charge in [0, 0.05) is 12.4 Å². The quantitative estimate of drug-likeness (QED) is 0.774. The summed E-state index contributed by atoms with van der Waals surface area (Å²) in [5.41, 5.74) is 0.888. The molecule has 0 aromatic carbocycles. The van der Waals surface area contributed by atoms with Crippen LogP contribution in [0.1, 0.15) is 32.0 Å². The Balaban J connectivity index is 2.90. The molecule has 0 aliphatic carbocycles. The first-order chi connectivity index (χ1) is 6.83. The molecule has 0 fully saturated rings. The van der Waals surface area contributed by atoms with Gasteiger partial charge in [-0.3, -0.25) is 4.98 Å². The number of nitrogens with zero attached hydrogens (tertiary/aromatic N) is 2. The first-order valence-electron chi connectivity index (χ1n) is 4.91. The van der Waals surface area contributed by atoms with E-state index in [1.807, 2.05) is 0 Å². The van der Waals surface area contributed by atoms with E-state index in [9.17, 15) is 0 Å². The standard InChI is InChI=1S/C10H17N3O/c1-4-8(11-5-2)9-10(14-3)13-7-6-12-9/h6-8,11H,4-5H2,1-3H3. The number of ether oxygens (including phenoxy) is 1. The second kappa shape index (κ2) is 5.54. The minimum absolute atomic E-state index is 0.226. The van der Waals surface area contributed by atoms with Crippen LogP contribution in [0.25, 0.3) is 0 Å². The maximum absolute atomic E-state index is 5.16. The SMILES string of the molecule is CCNC(CC)c1nccnc1OC. The molecule has 1 unspecified atom stereocenters. The van der Waals surface area contributed by atoms with Gasteiger partial charge in [-0.05, 0) is 13.0 Å². The van der Waals surface area contributed by atoms with Crippen LogP contribution in [0.5, 0.6) is 5.88 Å². The lowest BCUT2D eigenvalue weighted by atomic mass is 10.1. The van der Waals surface area contributed by atoms with Crippen molar-refractivity contribution in [1.29, 1.82) is 0 Å². The van der Waals surface area contributed by atoms with Crippen molar-refractivity contribution in [2.75, 3.05) is 13.7 Å². The molecular weight excluding hydrogens is 178 g/mol. The summed E-state index contributed by atoms with van der Waals surface area (Å²) in [6.45, 7) is 5.10. The van der Waals surface area contributed by atoms with Crippen LogP contribution < -0.4 is 10.1 Å². The third-order valence-corrected chi connectivity index (χ3v) is 2.07. The average Bonchev–Trinajstić information content (AvgIpc) is 2.26. The van der Waals surface area contributed by atoms with Crippen LogP contribution in [-0.2, 0) is 0 Å². The molecule has 0 radical (unpaired) electrons. The van der Waals surface area contributed by atoms with E-state index in [1.54, 1.807) is 19.5 Å². The zero-order valence-electron chi connectivity index (χ0n) is 8.95. The fourth-order valence-corrected chi connectivity index (χ4v) is 1.41. The molecule has 0 aliphatic rings. The summed E-state index contributed by atoms with van der Waals surface area (Å²) < 4.78 is 5.16. The van der Waals surface area contributed by atoms with Gasteiger partial charge in [-0.25, -0.2) is 4.98 Å². The third-order valence-electron chi connectivity index (χ3n) is 2.07. The van der Waals surface area contributed by atoms with E-state index in [1.165, 1.54) is 0 Å². The highest BCUT2D eigenvalue weighted by Crippen LogP contribution is 2.21. The Hall–Kier alpha value is -1.16. The molecule has 1 aromatic heterocycles. The van der Waals surface area contributed by atoms with E-state index in [0.29, 0.717) is 5.88 Å². The average molecular weight is 195 g/mol. The molecule has 1 atom stereocenters. The molecule has 1 aromatic rings. The molecule has 4 heteroatoms. The zero-order valence-corrected chi connectivity index (χ0v) is 8.95. The Labute approximate surface area is 84.7 Å². The lowest BCUT2D eigenvalue weighted by Gasteiger charge is -2.16. The molecule has 1 rings (SSSR count). The number of methoxy groups -OCH3 is 1. The van der Waals surface area contributed by atoms with Crippen LogP contribution in [-0.4, -0.2) is 23.6 Å². The molecule has 0 aliphatic heterocycles. The summed E-state index contributed by atoms with van der Waals surface area (Å²) in [7, 11) is 1.62. The molecule has 0 saturated heterocycles. The predicted octanol–water partition coefficient (Wildman–Crippen LogP) is 1.55. The summed E-state index contributed by atoms with van der Waals surface area (Å²) in [6.07, 6.45) is 4.31. The summed E-state index contributed by atoms with van der Waals surface area (Å²) in [5, 5.41) is 3.34. The fraction of sp³-hybridized carbons (Fsp3) is 0.600. The lowest BCUT2D eigenvalue weighted by Crippen LogP contribution is -2.22. The van der Waals surface area contributed by atoms with E-state index in [4.69, 9.17) is 4.74 Å². The molecule has 4 nitrogen and oxygen atoms in total. The lowest BCUT2D eigenvalue weighted by molar-refractivity contribution is 0.376. The van der Waals surface area contributed by atoms with Gasteiger partial charge in [0.05, 0.1) is 13.2 Å². The van der Waals surface area contributed by atoms with Crippen molar-refractivity contribution in [2.45, 2.75) is 26.3 Å². The zero-order chi connectivity index (χ0) is 10.4. The number of rotatable bonds is 5. The van der Waals surface area contributed by atoms with Gasteiger partial charge in [-0.1, -0.05) is 13.8 Å². The Morgan fingerprint density at radius 2 is 2.07 bits per heavy atom. The van der Waals surface area contributed by atoms with Crippen molar-refractivity contribution in [3.8, 4) is 5.88 Å². The number of hydrogen-bond acceptors (Lipinski definition) is 4. The molecule has 0 saturated carbocycles. The molecule has 0 spiro atoms. The van der Waals surface area contributed by atoms with Crippen LogP contribution in [0.4, 0.5) is 0 Å². The minimum atomic E-state index is 0.226. The Bertz CT molecular complexity index is 278. The Kier molecular flexibility index (Phi) is 4.32. The molecule has 1 heterocycles. The molecule has 0 bridgehead atoms. The smallest absolute Gasteiger partial charge is 0.236 e. The molecule has 14 heavy (non-hydrogen) atoms. The first-order valence-corrected chi connectivity index (χ1v) is 4.91. The first kappa shape index (κ1) is 10.9. The van der Waals surface area contributed by atoms with Gasteiger partial charge < -0.3 is 10.1 Å². The van der Waals surface area contributed by atoms with Crippen LogP contribution >= 0.6 is 0 Å². The minimum Gasteiger partial charge on any atom is -0.480 e. The van der Waals surface area contributed by atoms with E-state index in [2.05, 4.69) is 29.1 Å². The fourth-order valence-electron chi connectivity index (χ4n) is 1.41. The third kappa shape index (κ3) is 2.42. The van der Waals surface area contributed by atoms with Gasteiger partial charge in [0.15, 0.2) is 0 Å². The molecular formula is C10H17N3O. The van der Waals surface area contributed by atoms with E-state index in [0.717, 1.165) is 18.7 Å². The highest BCUT2D eigenvalue weighted by Gasteiger charge is 2.15. The summed E-state index contributed by atoms with van der Waals surface area (Å²) in [4.78, 5) is 8.41. The van der Waals surface area contributed by atoms with E-state index >= 15 is 0 Å². The van der Waals surface area contributed by atoms with Gasteiger partial charge in [0.25, 0.3) is 0 Å². The largest absolute Gasteiger partial charge is 0.480 e. The van der Waals surface area contributed by atoms with Gasteiger partial charge in [0.2, 0.25) is 5.88 Å². The molecule has 0 amide bonds. The maximum atomic E-state index is 5.16. The number of hydrogen-bond donors (Lipinski definition) is 1. The van der Waals surface area contributed by atoms with Crippen LogP contribution in [0.3, 0.4) is 0 Å². The van der Waals surface area contributed by atoms with Crippen LogP contribution in [0, 0.1) is 0 Å². The van der Waals surface area contributed by atoms with E-state index in [-0.39, 0.29) is 6.04 Å². The molecule has 1 N–H and O–H groups in total. The van der Waals surface area contributed by atoms with Crippen molar-refractivity contribution in [2.24, 2.45) is 0 Å². The number of nitrogens with one attached hydrogen (secondary N) is 1. The van der Waals surface area contributed by atoms with Crippen molar-refractivity contribution in [3.63, 3.8) is 0 Å². The Morgan fingerprint density at radius 3 is 2.64 bits per heavy atom. The summed E-state index contributed by atoms with van der Waals surface area (Å²) >= 11 is 0. The normalized spacial score (nSPS) is 12.5. The second-order valence-electron chi connectivity index (χ2n) is 2.97.